The number of ether oxygens (including phenoxy) is 1. The van der Waals surface area contributed by atoms with Crippen molar-refractivity contribution in [3.05, 3.63) is 45.3 Å². The van der Waals surface area contributed by atoms with Crippen molar-refractivity contribution < 1.29 is 14.1 Å². The van der Waals surface area contributed by atoms with Gasteiger partial charge in [-0.2, -0.15) is 0 Å². The minimum absolute atomic E-state index is 0.0862. The van der Waals surface area contributed by atoms with Crippen molar-refractivity contribution >= 4 is 34.9 Å². The summed E-state index contributed by atoms with van der Waals surface area (Å²) in [7, 11) is 0. The summed E-state index contributed by atoms with van der Waals surface area (Å²) >= 11 is 12.1. The van der Waals surface area contributed by atoms with E-state index in [1.807, 2.05) is 12.1 Å². The van der Waals surface area contributed by atoms with E-state index in [0.717, 1.165) is 18.7 Å². The van der Waals surface area contributed by atoms with Gasteiger partial charge in [-0.25, -0.2) is 4.79 Å². The fraction of sp³-hybridized carbons (Fsp3) is 0.444. The van der Waals surface area contributed by atoms with Gasteiger partial charge in [-0.3, -0.25) is 4.90 Å². The minimum Gasteiger partial charge on any atom is -0.374 e. The van der Waals surface area contributed by atoms with Crippen molar-refractivity contribution in [3.8, 4) is 0 Å². The Morgan fingerprint density at radius 1 is 1.33 bits per heavy atom. The Morgan fingerprint density at radius 2 is 2.15 bits per heavy atom. The molecule has 1 aromatic carbocycles. The first-order chi connectivity index (χ1) is 12.9. The fourth-order valence-corrected chi connectivity index (χ4v) is 3.29. The number of aromatic nitrogens is 1. The smallest absolute Gasteiger partial charge is 0.319 e. The number of anilines is 1. The number of amides is 2. The molecule has 0 spiro atoms. The summed E-state index contributed by atoms with van der Waals surface area (Å²) in [6, 6.07) is 5.34. The van der Waals surface area contributed by atoms with Crippen LogP contribution in [0.2, 0.25) is 10.0 Å². The van der Waals surface area contributed by atoms with Crippen molar-refractivity contribution in [2.24, 2.45) is 0 Å². The van der Waals surface area contributed by atoms with Crippen LogP contribution in [-0.4, -0.2) is 48.4 Å². The van der Waals surface area contributed by atoms with Gasteiger partial charge in [0.15, 0.2) is 5.76 Å². The number of nitrogens with zero attached hydrogens (tertiary/aromatic N) is 2. The van der Waals surface area contributed by atoms with E-state index in [9.17, 15) is 4.79 Å². The Balaban J connectivity index is 1.48. The number of benzene rings is 1. The normalized spacial score (nSPS) is 17.7. The Morgan fingerprint density at radius 3 is 2.85 bits per heavy atom. The van der Waals surface area contributed by atoms with E-state index in [1.54, 1.807) is 19.9 Å². The van der Waals surface area contributed by atoms with Crippen LogP contribution in [0.5, 0.6) is 0 Å². The Labute approximate surface area is 167 Å². The molecule has 3 rings (SSSR count). The molecular weight excluding hydrogens is 391 g/mol. The third-order valence-electron chi connectivity index (χ3n) is 4.38. The first kappa shape index (κ1) is 19.9. The molecule has 0 saturated carbocycles. The summed E-state index contributed by atoms with van der Waals surface area (Å²) in [5.74, 6) is 0.573. The van der Waals surface area contributed by atoms with Gasteiger partial charge < -0.3 is 19.9 Å². The number of carbonyl (C=O) groups is 1. The van der Waals surface area contributed by atoms with E-state index in [-0.39, 0.29) is 12.1 Å². The van der Waals surface area contributed by atoms with E-state index >= 15 is 0 Å². The van der Waals surface area contributed by atoms with Crippen molar-refractivity contribution in [1.82, 2.24) is 15.4 Å². The highest BCUT2D eigenvalue weighted by Gasteiger charge is 2.22. The van der Waals surface area contributed by atoms with Crippen LogP contribution >= 0.6 is 23.2 Å². The number of hydrogen-bond donors (Lipinski definition) is 2. The molecule has 0 radical (unpaired) electrons. The second kappa shape index (κ2) is 8.93. The van der Waals surface area contributed by atoms with Crippen LogP contribution in [0.3, 0.4) is 0 Å². The number of halogens is 2. The van der Waals surface area contributed by atoms with E-state index in [1.165, 1.54) is 0 Å². The molecule has 7 nitrogen and oxygen atoms in total. The minimum atomic E-state index is -0.311. The van der Waals surface area contributed by atoms with Crippen molar-refractivity contribution in [2.45, 2.75) is 26.5 Å². The standard InChI is InChI=1S/C18H22Cl2N4O3/c1-11-17(12(2)27-23-11)22-18(25)21-8-14-10-24(5-6-26-14)9-13-3-4-15(19)16(20)7-13/h3-4,7,14H,5-6,8-10H2,1-2H3,(H2,21,22,25). The number of rotatable bonds is 5. The van der Waals surface area contributed by atoms with E-state index < -0.39 is 0 Å². The fourth-order valence-electron chi connectivity index (χ4n) is 2.97. The lowest BCUT2D eigenvalue weighted by molar-refractivity contribution is -0.0285. The van der Waals surface area contributed by atoms with Crippen LogP contribution in [0.15, 0.2) is 22.7 Å². The lowest BCUT2D eigenvalue weighted by Gasteiger charge is -2.33. The number of hydrogen-bond acceptors (Lipinski definition) is 5. The maximum absolute atomic E-state index is 12.1. The van der Waals surface area contributed by atoms with Crippen LogP contribution < -0.4 is 10.6 Å². The zero-order valence-corrected chi connectivity index (χ0v) is 16.7. The molecule has 2 aromatic rings. The summed E-state index contributed by atoms with van der Waals surface area (Å²) in [6.45, 7) is 6.83. The maximum Gasteiger partial charge on any atom is 0.319 e. The lowest BCUT2D eigenvalue weighted by Crippen LogP contribution is -2.47. The summed E-state index contributed by atoms with van der Waals surface area (Å²) < 4.78 is 10.8. The van der Waals surface area contributed by atoms with Crippen LogP contribution in [0, 0.1) is 13.8 Å². The van der Waals surface area contributed by atoms with Gasteiger partial charge in [-0.05, 0) is 31.5 Å². The molecule has 2 N–H and O–H groups in total. The molecule has 1 fully saturated rings. The first-order valence-electron chi connectivity index (χ1n) is 8.68. The molecule has 27 heavy (non-hydrogen) atoms. The van der Waals surface area contributed by atoms with Gasteiger partial charge in [0.25, 0.3) is 0 Å². The summed E-state index contributed by atoms with van der Waals surface area (Å²) in [5, 5.41) is 10.5. The van der Waals surface area contributed by atoms with Crippen molar-refractivity contribution in [3.63, 3.8) is 0 Å². The van der Waals surface area contributed by atoms with Gasteiger partial charge in [0.05, 0.1) is 22.8 Å². The highest BCUT2D eigenvalue weighted by Crippen LogP contribution is 2.23. The molecule has 0 bridgehead atoms. The third kappa shape index (κ3) is 5.35. The molecule has 2 amide bonds. The number of nitrogens with one attached hydrogen (secondary N) is 2. The monoisotopic (exact) mass is 412 g/mol. The van der Waals surface area contributed by atoms with Gasteiger partial charge in [-0.15, -0.1) is 0 Å². The molecular formula is C18H22Cl2N4O3. The van der Waals surface area contributed by atoms with Gasteiger partial charge in [0.2, 0.25) is 0 Å². The molecule has 1 atom stereocenters. The average molecular weight is 413 g/mol. The molecule has 2 heterocycles. The highest BCUT2D eigenvalue weighted by molar-refractivity contribution is 6.42. The molecule has 1 aromatic heterocycles. The Kier molecular flexibility index (Phi) is 6.59. The first-order valence-corrected chi connectivity index (χ1v) is 9.43. The van der Waals surface area contributed by atoms with Crippen LogP contribution in [0.4, 0.5) is 10.5 Å². The third-order valence-corrected chi connectivity index (χ3v) is 5.11. The topological polar surface area (TPSA) is 79.6 Å². The summed E-state index contributed by atoms with van der Waals surface area (Å²) in [5.41, 5.74) is 2.33. The SMILES string of the molecule is Cc1noc(C)c1NC(=O)NCC1CN(Cc2ccc(Cl)c(Cl)c2)CCO1. The number of carbonyl (C=O) groups excluding carboxylic acids is 1. The molecule has 146 valence electrons. The molecule has 1 aliphatic heterocycles. The maximum atomic E-state index is 12.1. The predicted octanol–water partition coefficient (Wildman–Crippen LogP) is 3.62. The second-order valence-corrected chi connectivity index (χ2v) is 7.32. The van der Waals surface area contributed by atoms with E-state index in [4.69, 9.17) is 32.5 Å². The summed E-state index contributed by atoms with van der Waals surface area (Å²) in [4.78, 5) is 14.4. The van der Waals surface area contributed by atoms with Gasteiger partial charge in [-0.1, -0.05) is 34.4 Å². The molecule has 1 aliphatic rings. The largest absolute Gasteiger partial charge is 0.374 e. The number of morpholine rings is 1. The number of aryl methyl sites for hydroxylation is 2. The molecule has 1 saturated heterocycles. The predicted molar refractivity (Wildman–Crippen MR) is 104 cm³/mol. The van der Waals surface area contributed by atoms with Crippen molar-refractivity contribution in [2.75, 3.05) is 31.6 Å². The highest BCUT2D eigenvalue weighted by atomic mass is 35.5. The van der Waals surface area contributed by atoms with Gasteiger partial charge >= 0.3 is 6.03 Å². The quantitative estimate of drug-likeness (QED) is 0.783. The van der Waals surface area contributed by atoms with Crippen molar-refractivity contribution in [1.29, 1.82) is 0 Å². The summed E-state index contributed by atoms with van der Waals surface area (Å²) in [6.07, 6.45) is -0.0862. The average Bonchev–Trinajstić information content (AvgIpc) is 2.95. The second-order valence-electron chi connectivity index (χ2n) is 6.51. The lowest BCUT2D eigenvalue weighted by atomic mass is 10.2. The van der Waals surface area contributed by atoms with Crippen LogP contribution in [0.1, 0.15) is 17.0 Å². The van der Waals surface area contributed by atoms with E-state index in [0.29, 0.717) is 46.9 Å². The van der Waals surface area contributed by atoms with Gasteiger partial charge in [0.1, 0.15) is 11.4 Å². The molecule has 0 aliphatic carbocycles. The zero-order chi connectivity index (χ0) is 19.4. The Bertz CT molecular complexity index is 792. The van der Waals surface area contributed by atoms with Crippen LogP contribution in [-0.2, 0) is 11.3 Å². The Hall–Kier alpha value is -1.80. The van der Waals surface area contributed by atoms with E-state index in [2.05, 4.69) is 20.7 Å². The molecule has 1 unspecified atom stereocenters. The zero-order valence-electron chi connectivity index (χ0n) is 15.2. The van der Waals surface area contributed by atoms with Crippen LogP contribution in [0.25, 0.3) is 0 Å². The molecule has 9 heteroatoms. The number of urea groups is 1. The van der Waals surface area contributed by atoms with Gasteiger partial charge in [0, 0.05) is 26.2 Å².